The minimum Gasteiger partial charge on any atom is -0.484 e. The van der Waals surface area contributed by atoms with Crippen molar-refractivity contribution in [3.05, 3.63) is 29.8 Å². The van der Waals surface area contributed by atoms with E-state index in [2.05, 4.69) is 0 Å². The Balaban J connectivity index is 1.89. The van der Waals surface area contributed by atoms with Crippen molar-refractivity contribution >= 4 is 5.91 Å². The predicted molar refractivity (Wildman–Crippen MR) is 68.8 cm³/mol. The molecule has 1 aliphatic heterocycles. The molecule has 0 saturated carbocycles. The first-order valence-corrected chi connectivity index (χ1v) is 6.62. The minimum absolute atomic E-state index is 0.00946. The SMILES string of the molecule is O=C(COc1cccc(C(F)(F)F)c1)N1CCC(O)CC1. The number of alkyl halides is 3. The zero-order valence-electron chi connectivity index (χ0n) is 11.3. The van der Waals surface area contributed by atoms with Crippen molar-refractivity contribution < 1.29 is 27.8 Å². The summed E-state index contributed by atoms with van der Waals surface area (Å²) in [5, 5.41) is 9.35. The molecule has 0 spiro atoms. The van der Waals surface area contributed by atoms with Crippen molar-refractivity contribution in [3.8, 4) is 5.75 Å². The van der Waals surface area contributed by atoms with Crippen LogP contribution >= 0.6 is 0 Å². The number of aliphatic hydroxyl groups is 1. The van der Waals surface area contributed by atoms with Crippen LogP contribution in [0.15, 0.2) is 24.3 Å². The molecule has 0 bridgehead atoms. The fourth-order valence-electron chi connectivity index (χ4n) is 2.11. The van der Waals surface area contributed by atoms with Gasteiger partial charge in [-0.25, -0.2) is 0 Å². The van der Waals surface area contributed by atoms with Crippen LogP contribution in [0.5, 0.6) is 5.75 Å². The Morgan fingerprint density at radius 1 is 1.33 bits per heavy atom. The Morgan fingerprint density at radius 2 is 2.00 bits per heavy atom. The van der Waals surface area contributed by atoms with Gasteiger partial charge >= 0.3 is 6.18 Å². The van der Waals surface area contributed by atoms with Crippen LogP contribution in [0.2, 0.25) is 0 Å². The molecule has 4 nitrogen and oxygen atoms in total. The van der Waals surface area contributed by atoms with Crippen LogP contribution in [0.25, 0.3) is 0 Å². The summed E-state index contributed by atoms with van der Waals surface area (Å²) in [6.07, 6.45) is -3.81. The predicted octanol–water partition coefficient (Wildman–Crippen LogP) is 2.07. The number of carbonyl (C=O) groups excluding carboxylic acids is 1. The van der Waals surface area contributed by atoms with E-state index in [0.29, 0.717) is 25.9 Å². The van der Waals surface area contributed by atoms with Crippen molar-refractivity contribution in [2.24, 2.45) is 0 Å². The molecule has 2 rings (SSSR count). The summed E-state index contributed by atoms with van der Waals surface area (Å²) in [6.45, 7) is 0.565. The fourth-order valence-corrected chi connectivity index (χ4v) is 2.11. The lowest BCUT2D eigenvalue weighted by molar-refractivity contribution is -0.137. The van der Waals surface area contributed by atoms with Crippen LogP contribution in [0.4, 0.5) is 13.2 Å². The van der Waals surface area contributed by atoms with Gasteiger partial charge in [-0.15, -0.1) is 0 Å². The molecule has 1 saturated heterocycles. The maximum Gasteiger partial charge on any atom is 0.416 e. The molecule has 116 valence electrons. The molecule has 7 heteroatoms. The number of likely N-dealkylation sites (tertiary alicyclic amines) is 1. The van der Waals surface area contributed by atoms with Crippen molar-refractivity contribution in [3.63, 3.8) is 0 Å². The van der Waals surface area contributed by atoms with Gasteiger partial charge in [0.25, 0.3) is 5.91 Å². The molecule has 21 heavy (non-hydrogen) atoms. The Labute approximate surface area is 120 Å². The molecule has 0 unspecified atom stereocenters. The molecule has 1 heterocycles. The largest absolute Gasteiger partial charge is 0.484 e. The second-order valence-electron chi connectivity index (χ2n) is 4.93. The van der Waals surface area contributed by atoms with Gasteiger partial charge in [-0.1, -0.05) is 6.07 Å². The van der Waals surface area contributed by atoms with E-state index in [-0.39, 0.29) is 18.3 Å². The standard InChI is InChI=1S/C14H16F3NO3/c15-14(16,17)10-2-1-3-12(8-10)21-9-13(20)18-6-4-11(19)5-7-18/h1-3,8,11,19H,4-7,9H2. The molecule has 0 atom stereocenters. The number of carbonyl (C=O) groups is 1. The summed E-state index contributed by atoms with van der Waals surface area (Å²) in [5.41, 5.74) is -0.812. The van der Waals surface area contributed by atoms with Gasteiger partial charge < -0.3 is 14.7 Å². The van der Waals surface area contributed by atoms with Crippen molar-refractivity contribution in [1.29, 1.82) is 0 Å². The van der Waals surface area contributed by atoms with E-state index in [4.69, 9.17) is 4.74 Å². The summed E-state index contributed by atoms with van der Waals surface area (Å²) in [6, 6.07) is 4.43. The maximum absolute atomic E-state index is 12.5. The Bertz CT molecular complexity index is 496. The lowest BCUT2D eigenvalue weighted by atomic mass is 10.1. The van der Waals surface area contributed by atoms with Gasteiger partial charge in [-0.3, -0.25) is 4.79 Å². The first-order chi connectivity index (χ1) is 9.86. The third-order valence-electron chi connectivity index (χ3n) is 3.34. The smallest absolute Gasteiger partial charge is 0.416 e. The van der Waals surface area contributed by atoms with Gasteiger partial charge in [0.15, 0.2) is 6.61 Å². The molecule has 1 amide bonds. The Kier molecular flexibility index (Phi) is 4.72. The fraction of sp³-hybridized carbons (Fsp3) is 0.500. The maximum atomic E-state index is 12.5. The second-order valence-corrected chi connectivity index (χ2v) is 4.93. The molecule has 1 N–H and O–H groups in total. The van der Waals surface area contributed by atoms with Crippen LogP contribution < -0.4 is 4.74 Å². The normalized spacial score (nSPS) is 16.9. The van der Waals surface area contributed by atoms with Crippen LogP contribution in [0, 0.1) is 0 Å². The van der Waals surface area contributed by atoms with Gasteiger partial charge in [-0.2, -0.15) is 13.2 Å². The number of amides is 1. The molecule has 1 fully saturated rings. The summed E-state index contributed by atoms with van der Waals surface area (Å²) in [7, 11) is 0. The van der Waals surface area contributed by atoms with Crippen molar-refractivity contribution in [1.82, 2.24) is 4.90 Å². The number of benzene rings is 1. The molecule has 1 aromatic carbocycles. The molecule has 0 aromatic heterocycles. The minimum atomic E-state index is -4.44. The van der Waals surface area contributed by atoms with E-state index >= 15 is 0 Å². The lowest BCUT2D eigenvalue weighted by Crippen LogP contribution is -2.42. The number of nitrogens with zero attached hydrogens (tertiary/aromatic N) is 1. The average molecular weight is 303 g/mol. The van der Waals surface area contributed by atoms with E-state index in [1.54, 1.807) is 4.90 Å². The number of halogens is 3. The third-order valence-corrected chi connectivity index (χ3v) is 3.34. The zero-order chi connectivity index (χ0) is 15.5. The molecular formula is C14H16F3NO3. The van der Waals surface area contributed by atoms with Gasteiger partial charge in [0.05, 0.1) is 11.7 Å². The number of hydrogen-bond donors (Lipinski definition) is 1. The first kappa shape index (κ1) is 15.6. The van der Waals surface area contributed by atoms with E-state index in [0.717, 1.165) is 12.1 Å². The highest BCUT2D eigenvalue weighted by molar-refractivity contribution is 5.77. The topological polar surface area (TPSA) is 49.8 Å². The quantitative estimate of drug-likeness (QED) is 0.930. The number of rotatable bonds is 3. The average Bonchev–Trinajstić information content (AvgIpc) is 2.45. The van der Waals surface area contributed by atoms with E-state index in [1.165, 1.54) is 12.1 Å². The van der Waals surface area contributed by atoms with Crippen LogP contribution in [-0.4, -0.2) is 41.7 Å². The number of hydrogen-bond acceptors (Lipinski definition) is 3. The monoisotopic (exact) mass is 303 g/mol. The van der Waals surface area contributed by atoms with Crippen LogP contribution in [-0.2, 0) is 11.0 Å². The number of piperidine rings is 1. The molecule has 0 aliphatic carbocycles. The molecule has 1 aliphatic rings. The summed E-state index contributed by atoms with van der Waals surface area (Å²) in [4.78, 5) is 13.4. The van der Waals surface area contributed by atoms with E-state index < -0.39 is 17.8 Å². The highest BCUT2D eigenvalue weighted by Crippen LogP contribution is 2.31. The zero-order valence-corrected chi connectivity index (χ0v) is 11.3. The Hall–Kier alpha value is -1.76. The summed E-state index contributed by atoms with van der Waals surface area (Å²) in [5.74, 6) is -0.283. The van der Waals surface area contributed by atoms with Crippen LogP contribution in [0.1, 0.15) is 18.4 Å². The number of ether oxygens (including phenoxy) is 1. The van der Waals surface area contributed by atoms with E-state index in [1.807, 2.05) is 0 Å². The van der Waals surface area contributed by atoms with Crippen LogP contribution in [0.3, 0.4) is 0 Å². The van der Waals surface area contributed by atoms with Gasteiger partial charge in [0.2, 0.25) is 0 Å². The molecule has 1 aromatic rings. The Morgan fingerprint density at radius 3 is 2.62 bits per heavy atom. The van der Waals surface area contributed by atoms with Gasteiger partial charge in [0.1, 0.15) is 5.75 Å². The molecule has 0 radical (unpaired) electrons. The molecular weight excluding hydrogens is 287 g/mol. The van der Waals surface area contributed by atoms with Gasteiger partial charge in [0, 0.05) is 13.1 Å². The van der Waals surface area contributed by atoms with Gasteiger partial charge in [-0.05, 0) is 31.0 Å². The lowest BCUT2D eigenvalue weighted by Gasteiger charge is -2.29. The highest BCUT2D eigenvalue weighted by Gasteiger charge is 2.30. The second kappa shape index (κ2) is 6.34. The van der Waals surface area contributed by atoms with Crippen molar-refractivity contribution in [2.75, 3.05) is 19.7 Å². The summed E-state index contributed by atoms with van der Waals surface area (Å²) < 4.78 is 42.7. The summed E-state index contributed by atoms with van der Waals surface area (Å²) >= 11 is 0. The first-order valence-electron chi connectivity index (χ1n) is 6.62. The van der Waals surface area contributed by atoms with E-state index in [9.17, 15) is 23.1 Å². The van der Waals surface area contributed by atoms with Crippen molar-refractivity contribution in [2.45, 2.75) is 25.1 Å². The number of aliphatic hydroxyl groups excluding tert-OH is 1. The third kappa shape index (κ3) is 4.35. The highest BCUT2D eigenvalue weighted by atomic mass is 19.4.